The molecule has 0 saturated carbocycles. The van der Waals surface area contributed by atoms with Gasteiger partial charge >= 0.3 is 0 Å². The van der Waals surface area contributed by atoms with Crippen molar-refractivity contribution in [2.24, 2.45) is 0 Å². The summed E-state index contributed by atoms with van der Waals surface area (Å²) in [5.74, 6) is 0.661. The second kappa shape index (κ2) is 7.86. The quantitative estimate of drug-likeness (QED) is 0.806. The lowest BCUT2D eigenvalue weighted by Crippen LogP contribution is -2.44. The lowest BCUT2D eigenvalue weighted by Gasteiger charge is -2.40. The molecule has 3 aliphatic rings. The van der Waals surface area contributed by atoms with Crippen molar-refractivity contribution in [3.05, 3.63) is 56.8 Å². The van der Waals surface area contributed by atoms with Crippen LogP contribution in [-0.2, 0) is 16.8 Å². The summed E-state index contributed by atoms with van der Waals surface area (Å²) in [5, 5.41) is 3.44. The van der Waals surface area contributed by atoms with Gasteiger partial charge in [-0.2, -0.15) is 0 Å². The van der Waals surface area contributed by atoms with E-state index in [-0.39, 0.29) is 11.5 Å². The predicted molar refractivity (Wildman–Crippen MR) is 117 cm³/mol. The number of thiophene rings is 1. The third-order valence-electron chi connectivity index (χ3n) is 6.97. The van der Waals surface area contributed by atoms with Gasteiger partial charge in [-0.15, -0.1) is 11.3 Å². The Bertz CT molecular complexity index is 900. The highest BCUT2D eigenvalue weighted by atomic mass is 32.1. The molecule has 1 unspecified atom stereocenters. The Morgan fingerprint density at radius 2 is 2.10 bits per heavy atom. The zero-order valence-electron chi connectivity index (χ0n) is 17.2. The molecule has 1 spiro atoms. The highest BCUT2D eigenvalue weighted by molar-refractivity contribution is 7.14. The van der Waals surface area contributed by atoms with Crippen LogP contribution in [0, 0.1) is 6.92 Å². The molecule has 0 bridgehead atoms. The Balaban J connectivity index is 1.38. The molecule has 4 nitrogen and oxygen atoms in total. The third-order valence-corrected chi connectivity index (χ3v) is 8.15. The first-order valence-corrected chi connectivity index (χ1v) is 11.8. The fraction of sp³-hybridized carbons (Fsp3) is 0.542. The topological polar surface area (TPSA) is 41.6 Å². The molecule has 5 rings (SSSR count). The molecule has 29 heavy (non-hydrogen) atoms. The molecule has 0 aliphatic carbocycles. The first kappa shape index (κ1) is 19.3. The van der Waals surface area contributed by atoms with E-state index in [2.05, 4.69) is 47.5 Å². The predicted octanol–water partition coefficient (Wildman–Crippen LogP) is 4.23. The van der Waals surface area contributed by atoms with E-state index in [1.54, 1.807) is 11.3 Å². The number of hydrogen-bond donors (Lipinski definition) is 1. The number of benzene rings is 1. The Morgan fingerprint density at radius 1 is 1.28 bits per heavy atom. The second-order valence-electron chi connectivity index (χ2n) is 8.74. The van der Waals surface area contributed by atoms with Gasteiger partial charge < -0.3 is 15.0 Å². The van der Waals surface area contributed by atoms with Crippen LogP contribution in [0.3, 0.4) is 0 Å². The Morgan fingerprint density at radius 3 is 2.93 bits per heavy atom. The Hall–Kier alpha value is -1.69. The minimum Gasteiger partial charge on any atom is -0.370 e. The van der Waals surface area contributed by atoms with Crippen LogP contribution < -0.4 is 5.32 Å². The van der Waals surface area contributed by atoms with Crippen LogP contribution in [0.2, 0.25) is 0 Å². The first-order valence-electron chi connectivity index (χ1n) is 11.0. The lowest BCUT2D eigenvalue weighted by molar-refractivity contribution is -0.0792. The number of nitrogens with one attached hydrogen (secondary N) is 1. The monoisotopic (exact) mass is 410 g/mol. The van der Waals surface area contributed by atoms with Gasteiger partial charge in [0.05, 0.1) is 17.1 Å². The molecule has 2 fully saturated rings. The van der Waals surface area contributed by atoms with Crippen LogP contribution in [0.1, 0.15) is 62.8 Å². The van der Waals surface area contributed by atoms with Crippen LogP contribution in [0.15, 0.2) is 30.3 Å². The van der Waals surface area contributed by atoms with Gasteiger partial charge in [-0.3, -0.25) is 4.79 Å². The Kier molecular flexibility index (Phi) is 5.23. The SMILES string of the molecule is Cc1ccccc1C1CCCN(C(=O)c2cc3c(s2)CCOC32CCNCC2)C1. The van der Waals surface area contributed by atoms with Crippen molar-refractivity contribution in [2.45, 2.75) is 50.5 Å². The maximum Gasteiger partial charge on any atom is 0.263 e. The summed E-state index contributed by atoms with van der Waals surface area (Å²) < 4.78 is 6.30. The maximum atomic E-state index is 13.4. The number of piperidine rings is 2. The molecule has 1 N–H and O–H groups in total. The lowest BCUT2D eigenvalue weighted by atomic mass is 9.83. The molecule has 1 aromatic carbocycles. The molecule has 1 atom stereocenters. The highest BCUT2D eigenvalue weighted by Gasteiger charge is 2.41. The van der Waals surface area contributed by atoms with E-state index in [4.69, 9.17) is 4.74 Å². The van der Waals surface area contributed by atoms with Gasteiger partial charge in [-0.05, 0) is 68.5 Å². The van der Waals surface area contributed by atoms with Gasteiger partial charge in [0, 0.05) is 30.3 Å². The van der Waals surface area contributed by atoms with Crippen molar-refractivity contribution < 1.29 is 9.53 Å². The van der Waals surface area contributed by atoms with Gasteiger partial charge in [0.15, 0.2) is 0 Å². The number of rotatable bonds is 2. The van der Waals surface area contributed by atoms with E-state index in [9.17, 15) is 4.79 Å². The van der Waals surface area contributed by atoms with Gasteiger partial charge in [0.1, 0.15) is 0 Å². The average Bonchev–Trinajstić information content (AvgIpc) is 3.20. The number of ether oxygens (including phenoxy) is 1. The van der Waals surface area contributed by atoms with Crippen LogP contribution in [0.25, 0.3) is 0 Å². The van der Waals surface area contributed by atoms with Crippen LogP contribution in [0.4, 0.5) is 0 Å². The normalized spacial score (nSPS) is 23.8. The van der Waals surface area contributed by atoms with E-state index < -0.39 is 0 Å². The van der Waals surface area contributed by atoms with Crippen molar-refractivity contribution >= 4 is 17.2 Å². The molecule has 0 radical (unpaired) electrons. The van der Waals surface area contributed by atoms with E-state index in [0.717, 1.165) is 63.3 Å². The summed E-state index contributed by atoms with van der Waals surface area (Å²) in [5.41, 5.74) is 3.87. The smallest absolute Gasteiger partial charge is 0.263 e. The molecule has 154 valence electrons. The van der Waals surface area contributed by atoms with Crippen molar-refractivity contribution in [3.63, 3.8) is 0 Å². The van der Waals surface area contributed by atoms with Crippen molar-refractivity contribution in [2.75, 3.05) is 32.8 Å². The molecule has 4 heterocycles. The van der Waals surface area contributed by atoms with E-state index >= 15 is 0 Å². The molecular weight excluding hydrogens is 380 g/mol. The molecule has 5 heteroatoms. The molecule has 2 saturated heterocycles. The van der Waals surface area contributed by atoms with E-state index in [1.165, 1.54) is 28.0 Å². The van der Waals surface area contributed by atoms with Gasteiger partial charge in [-0.25, -0.2) is 0 Å². The minimum atomic E-state index is -0.167. The van der Waals surface area contributed by atoms with Crippen molar-refractivity contribution in [1.29, 1.82) is 0 Å². The zero-order chi connectivity index (χ0) is 19.8. The summed E-state index contributed by atoms with van der Waals surface area (Å²) in [4.78, 5) is 17.8. The average molecular weight is 411 g/mol. The standard InChI is InChI=1S/C24H30N2O2S/c1-17-5-2-3-7-19(17)18-6-4-13-26(16-18)23(27)22-15-20-21(29-22)8-14-28-24(20)9-11-25-12-10-24/h2-3,5,7,15,18,25H,4,6,8-14,16H2,1H3. The summed E-state index contributed by atoms with van der Waals surface area (Å²) in [6, 6.07) is 10.8. The summed E-state index contributed by atoms with van der Waals surface area (Å²) >= 11 is 1.71. The minimum absolute atomic E-state index is 0.167. The number of hydrogen-bond acceptors (Lipinski definition) is 4. The number of aryl methyl sites for hydroxylation is 1. The van der Waals surface area contributed by atoms with Crippen LogP contribution in [-0.4, -0.2) is 43.6 Å². The zero-order valence-corrected chi connectivity index (χ0v) is 18.0. The largest absolute Gasteiger partial charge is 0.370 e. The summed E-state index contributed by atoms with van der Waals surface area (Å²) in [7, 11) is 0. The van der Waals surface area contributed by atoms with Crippen molar-refractivity contribution in [1.82, 2.24) is 10.2 Å². The second-order valence-corrected chi connectivity index (χ2v) is 9.87. The fourth-order valence-electron chi connectivity index (χ4n) is 5.38. The first-order chi connectivity index (χ1) is 14.2. The number of likely N-dealkylation sites (tertiary alicyclic amines) is 1. The summed E-state index contributed by atoms with van der Waals surface area (Å²) in [6.45, 7) is 6.64. The number of carbonyl (C=O) groups is 1. The van der Waals surface area contributed by atoms with E-state index in [0.29, 0.717) is 5.92 Å². The molecule has 2 aromatic rings. The highest BCUT2D eigenvalue weighted by Crippen LogP contribution is 2.44. The number of fused-ring (bicyclic) bond motifs is 2. The van der Waals surface area contributed by atoms with Gasteiger partial charge in [0.25, 0.3) is 5.91 Å². The number of amides is 1. The van der Waals surface area contributed by atoms with Crippen LogP contribution in [0.5, 0.6) is 0 Å². The van der Waals surface area contributed by atoms with Crippen molar-refractivity contribution in [3.8, 4) is 0 Å². The fourth-order valence-corrected chi connectivity index (χ4v) is 6.58. The molecule has 1 amide bonds. The maximum absolute atomic E-state index is 13.4. The number of nitrogens with zero attached hydrogens (tertiary/aromatic N) is 1. The Labute approximate surface area is 177 Å². The molecule has 1 aromatic heterocycles. The van der Waals surface area contributed by atoms with Gasteiger partial charge in [0.2, 0.25) is 0 Å². The van der Waals surface area contributed by atoms with Crippen LogP contribution >= 0.6 is 11.3 Å². The third kappa shape index (κ3) is 3.54. The van der Waals surface area contributed by atoms with Gasteiger partial charge in [-0.1, -0.05) is 24.3 Å². The number of carbonyl (C=O) groups excluding carboxylic acids is 1. The van der Waals surface area contributed by atoms with E-state index in [1.807, 2.05) is 0 Å². The molecular formula is C24H30N2O2S. The summed E-state index contributed by atoms with van der Waals surface area (Å²) in [6.07, 6.45) is 5.19. The molecule has 3 aliphatic heterocycles.